The number of nitrogens with zero attached hydrogens (tertiary/aromatic N) is 2. The minimum atomic E-state index is -0.101. The van der Waals surface area contributed by atoms with E-state index >= 15 is 0 Å². The highest BCUT2D eigenvalue weighted by Gasteiger charge is 2.24. The number of amides is 3. The van der Waals surface area contributed by atoms with Crippen LogP contribution in [0.5, 0.6) is 5.75 Å². The molecule has 2 rings (SSSR count). The van der Waals surface area contributed by atoms with Gasteiger partial charge in [0.2, 0.25) is 0 Å². The van der Waals surface area contributed by atoms with Gasteiger partial charge in [-0.1, -0.05) is 23.7 Å². The fraction of sp³-hybridized carbons (Fsp3) is 0.467. The standard InChI is InChI=1S/C15H20ClN3O3/c1-2-17-15(21)19-9-7-18(8-10-19)14(20)11-22-13-6-4-3-5-12(13)16/h3-6H,2,7-11H2,1H3,(H,17,21). The number of nitrogens with one attached hydrogen (secondary N) is 1. The molecule has 1 N–H and O–H groups in total. The van der Waals surface area contributed by atoms with Gasteiger partial charge in [0.25, 0.3) is 5.91 Å². The summed E-state index contributed by atoms with van der Waals surface area (Å²) in [5.41, 5.74) is 0. The van der Waals surface area contributed by atoms with E-state index in [1.165, 1.54) is 0 Å². The number of piperazine rings is 1. The molecule has 0 radical (unpaired) electrons. The molecule has 1 aromatic carbocycles. The van der Waals surface area contributed by atoms with Gasteiger partial charge < -0.3 is 19.9 Å². The summed E-state index contributed by atoms with van der Waals surface area (Å²) < 4.78 is 5.45. The highest BCUT2D eigenvalue weighted by molar-refractivity contribution is 6.32. The predicted molar refractivity (Wildman–Crippen MR) is 84.2 cm³/mol. The van der Waals surface area contributed by atoms with Crippen LogP contribution in [0.3, 0.4) is 0 Å². The Balaban J connectivity index is 1.78. The molecule has 1 aromatic rings. The first-order valence-electron chi connectivity index (χ1n) is 7.29. The summed E-state index contributed by atoms with van der Waals surface area (Å²) >= 11 is 5.98. The molecule has 1 aliphatic rings. The van der Waals surface area contributed by atoms with Crippen molar-refractivity contribution >= 4 is 23.5 Å². The molecule has 0 bridgehead atoms. The molecule has 6 nitrogen and oxygen atoms in total. The van der Waals surface area contributed by atoms with Crippen LogP contribution in [0.25, 0.3) is 0 Å². The third-order valence-electron chi connectivity index (χ3n) is 3.44. The minimum absolute atomic E-state index is 0.0507. The third kappa shape index (κ3) is 4.27. The van der Waals surface area contributed by atoms with E-state index in [0.717, 1.165) is 0 Å². The molecule has 0 saturated carbocycles. The molecule has 0 spiro atoms. The largest absolute Gasteiger partial charge is 0.482 e. The molecule has 7 heteroatoms. The minimum Gasteiger partial charge on any atom is -0.482 e. The number of hydrogen-bond acceptors (Lipinski definition) is 3. The number of para-hydroxylation sites is 1. The summed E-state index contributed by atoms with van der Waals surface area (Å²) in [6.45, 7) is 4.52. The molecule has 1 fully saturated rings. The molecule has 3 amide bonds. The average Bonchev–Trinajstić information content (AvgIpc) is 2.54. The van der Waals surface area contributed by atoms with Crippen molar-refractivity contribution in [2.24, 2.45) is 0 Å². The molecule has 1 heterocycles. The number of benzene rings is 1. The van der Waals surface area contributed by atoms with E-state index < -0.39 is 0 Å². The summed E-state index contributed by atoms with van der Waals surface area (Å²) in [4.78, 5) is 27.2. The second kappa shape index (κ2) is 7.89. The van der Waals surface area contributed by atoms with Crippen molar-refractivity contribution in [3.63, 3.8) is 0 Å². The zero-order valence-corrected chi connectivity index (χ0v) is 13.3. The van der Waals surface area contributed by atoms with Crippen LogP contribution in [0, 0.1) is 0 Å². The van der Waals surface area contributed by atoms with Gasteiger partial charge in [-0.15, -0.1) is 0 Å². The summed E-state index contributed by atoms with van der Waals surface area (Å²) in [5.74, 6) is 0.397. The number of rotatable bonds is 4. The van der Waals surface area contributed by atoms with Gasteiger partial charge in [-0.3, -0.25) is 4.79 Å². The third-order valence-corrected chi connectivity index (χ3v) is 3.75. The second-order valence-corrected chi connectivity index (χ2v) is 5.33. The highest BCUT2D eigenvalue weighted by atomic mass is 35.5. The number of urea groups is 1. The Bertz CT molecular complexity index is 531. The molecule has 1 saturated heterocycles. The molecule has 0 aliphatic carbocycles. The number of ether oxygens (including phenoxy) is 1. The van der Waals surface area contributed by atoms with Crippen molar-refractivity contribution in [2.45, 2.75) is 6.92 Å². The quantitative estimate of drug-likeness (QED) is 0.914. The monoisotopic (exact) mass is 325 g/mol. The number of carbonyl (C=O) groups is 2. The summed E-state index contributed by atoms with van der Waals surface area (Å²) in [6.07, 6.45) is 0. The maximum atomic E-state index is 12.1. The van der Waals surface area contributed by atoms with Gasteiger partial charge >= 0.3 is 6.03 Å². The predicted octanol–water partition coefficient (Wildman–Crippen LogP) is 1.59. The van der Waals surface area contributed by atoms with E-state index in [9.17, 15) is 9.59 Å². The van der Waals surface area contributed by atoms with E-state index in [1.54, 1.807) is 34.1 Å². The van der Waals surface area contributed by atoms with Crippen LogP contribution in [-0.2, 0) is 4.79 Å². The Morgan fingerprint density at radius 3 is 2.45 bits per heavy atom. The first-order chi connectivity index (χ1) is 10.6. The normalized spacial score (nSPS) is 14.6. The lowest BCUT2D eigenvalue weighted by Crippen LogP contribution is -2.53. The van der Waals surface area contributed by atoms with Gasteiger partial charge in [-0.05, 0) is 19.1 Å². The van der Waals surface area contributed by atoms with Crippen molar-refractivity contribution in [2.75, 3.05) is 39.3 Å². The molecule has 22 heavy (non-hydrogen) atoms. The first kappa shape index (κ1) is 16.4. The van der Waals surface area contributed by atoms with E-state index in [1.807, 2.05) is 6.92 Å². The number of carbonyl (C=O) groups excluding carboxylic acids is 2. The van der Waals surface area contributed by atoms with Crippen LogP contribution in [0.1, 0.15) is 6.92 Å². The fourth-order valence-corrected chi connectivity index (χ4v) is 2.40. The lowest BCUT2D eigenvalue weighted by molar-refractivity contribution is -0.134. The fourth-order valence-electron chi connectivity index (χ4n) is 2.21. The maximum absolute atomic E-state index is 12.1. The van der Waals surface area contributed by atoms with Crippen LogP contribution >= 0.6 is 11.6 Å². The zero-order chi connectivity index (χ0) is 15.9. The Kier molecular flexibility index (Phi) is 5.89. The van der Waals surface area contributed by atoms with Gasteiger partial charge in [0.05, 0.1) is 5.02 Å². The average molecular weight is 326 g/mol. The lowest BCUT2D eigenvalue weighted by Gasteiger charge is -2.34. The highest BCUT2D eigenvalue weighted by Crippen LogP contribution is 2.23. The van der Waals surface area contributed by atoms with Crippen molar-refractivity contribution in [3.8, 4) is 5.75 Å². The molecular weight excluding hydrogens is 306 g/mol. The Morgan fingerprint density at radius 1 is 1.18 bits per heavy atom. The Hall–Kier alpha value is -1.95. The first-order valence-corrected chi connectivity index (χ1v) is 7.67. The maximum Gasteiger partial charge on any atom is 0.317 e. The molecule has 0 atom stereocenters. The van der Waals surface area contributed by atoms with E-state index in [-0.39, 0.29) is 18.5 Å². The topological polar surface area (TPSA) is 61.9 Å². The van der Waals surface area contributed by atoms with Gasteiger partial charge in [-0.2, -0.15) is 0 Å². The van der Waals surface area contributed by atoms with E-state index in [4.69, 9.17) is 16.3 Å². The Labute approximate surface area is 135 Å². The lowest BCUT2D eigenvalue weighted by atomic mass is 10.3. The Morgan fingerprint density at radius 2 is 1.82 bits per heavy atom. The SMILES string of the molecule is CCNC(=O)N1CCN(C(=O)COc2ccccc2Cl)CC1. The van der Waals surface area contributed by atoms with Crippen LogP contribution in [0.2, 0.25) is 5.02 Å². The van der Waals surface area contributed by atoms with Crippen LogP contribution in [0.4, 0.5) is 4.79 Å². The smallest absolute Gasteiger partial charge is 0.317 e. The van der Waals surface area contributed by atoms with Crippen molar-refractivity contribution < 1.29 is 14.3 Å². The van der Waals surface area contributed by atoms with Crippen LogP contribution in [-0.4, -0.2) is 61.1 Å². The van der Waals surface area contributed by atoms with Crippen molar-refractivity contribution in [1.29, 1.82) is 0 Å². The second-order valence-electron chi connectivity index (χ2n) is 4.92. The van der Waals surface area contributed by atoms with Gasteiger partial charge in [0.15, 0.2) is 6.61 Å². The van der Waals surface area contributed by atoms with Gasteiger partial charge in [0.1, 0.15) is 5.75 Å². The molecule has 1 aliphatic heterocycles. The molecule has 120 valence electrons. The van der Waals surface area contributed by atoms with Gasteiger partial charge in [0, 0.05) is 32.7 Å². The summed E-state index contributed by atoms with van der Waals surface area (Å²) in [6, 6.07) is 6.96. The number of hydrogen-bond donors (Lipinski definition) is 1. The number of halogens is 1. The molecular formula is C15H20ClN3O3. The summed E-state index contributed by atoms with van der Waals surface area (Å²) in [7, 11) is 0. The van der Waals surface area contributed by atoms with E-state index in [0.29, 0.717) is 43.5 Å². The molecule has 0 aromatic heterocycles. The van der Waals surface area contributed by atoms with E-state index in [2.05, 4.69) is 5.32 Å². The van der Waals surface area contributed by atoms with Crippen LogP contribution < -0.4 is 10.1 Å². The molecule has 0 unspecified atom stereocenters. The van der Waals surface area contributed by atoms with Crippen molar-refractivity contribution in [3.05, 3.63) is 29.3 Å². The van der Waals surface area contributed by atoms with Crippen LogP contribution in [0.15, 0.2) is 24.3 Å². The van der Waals surface area contributed by atoms with Crippen molar-refractivity contribution in [1.82, 2.24) is 15.1 Å². The zero-order valence-electron chi connectivity index (χ0n) is 12.5. The van der Waals surface area contributed by atoms with Gasteiger partial charge in [-0.25, -0.2) is 4.79 Å². The summed E-state index contributed by atoms with van der Waals surface area (Å²) in [5, 5.41) is 3.24.